The third kappa shape index (κ3) is 3.24. The third-order valence-corrected chi connectivity index (χ3v) is 5.78. The summed E-state index contributed by atoms with van der Waals surface area (Å²) in [6, 6.07) is 10.2. The normalized spacial score (nSPS) is 14.1. The lowest BCUT2D eigenvalue weighted by atomic mass is 10.1. The Hall–Kier alpha value is -3.22. The van der Waals surface area contributed by atoms with Crippen molar-refractivity contribution < 1.29 is 4.79 Å². The highest BCUT2D eigenvalue weighted by atomic mass is 16.1. The molecule has 1 amide bonds. The van der Waals surface area contributed by atoms with Crippen molar-refractivity contribution in [1.82, 2.24) is 29.6 Å². The number of hydrogen-bond acceptors (Lipinski definition) is 4. The van der Waals surface area contributed by atoms with E-state index in [0.29, 0.717) is 24.6 Å². The van der Waals surface area contributed by atoms with Crippen LogP contribution in [0.5, 0.6) is 0 Å². The summed E-state index contributed by atoms with van der Waals surface area (Å²) in [5.74, 6) is 1.34. The quantitative estimate of drug-likeness (QED) is 0.529. The highest BCUT2D eigenvalue weighted by Crippen LogP contribution is 2.40. The maximum atomic E-state index is 13.1. The smallest absolute Gasteiger partial charge is 0.252 e. The van der Waals surface area contributed by atoms with E-state index in [1.54, 1.807) is 6.20 Å². The Balaban J connectivity index is 1.40. The monoisotopic (exact) mass is 402 g/mol. The third-order valence-electron chi connectivity index (χ3n) is 5.78. The summed E-state index contributed by atoms with van der Waals surface area (Å²) < 4.78 is 4.04. The van der Waals surface area contributed by atoms with Crippen molar-refractivity contribution in [2.45, 2.75) is 52.1 Å². The summed E-state index contributed by atoms with van der Waals surface area (Å²) >= 11 is 0. The number of carbonyl (C=O) groups is 1. The van der Waals surface area contributed by atoms with Crippen molar-refractivity contribution in [2.24, 2.45) is 0 Å². The molecule has 0 atom stereocenters. The van der Waals surface area contributed by atoms with Gasteiger partial charge in [0.25, 0.3) is 5.91 Å². The van der Waals surface area contributed by atoms with Crippen molar-refractivity contribution in [3.8, 4) is 0 Å². The van der Waals surface area contributed by atoms with Gasteiger partial charge in [-0.1, -0.05) is 12.1 Å². The van der Waals surface area contributed by atoms with Gasteiger partial charge in [0.1, 0.15) is 5.82 Å². The first-order valence-electron chi connectivity index (χ1n) is 10.6. The van der Waals surface area contributed by atoms with Gasteiger partial charge in [0.05, 0.1) is 28.2 Å². The minimum atomic E-state index is -0.0744. The van der Waals surface area contributed by atoms with E-state index in [2.05, 4.69) is 39.9 Å². The molecule has 154 valence electrons. The minimum Gasteiger partial charge on any atom is -0.350 e. The van der Waals surface area contributed by atoms with Crippen LogP contribution in [-0.4, -0.2) is 36.8 Å². The van der Waals surface area contributed by atoms with Crippen molar-refractivity contribution >= 4 is 28.0 Å². The van der Waals surface area contributed by atoms with E-state index in [9.17, 15) is 4.79 Å². The van der Waals surface area contributed by atoms with Crippen LogP contribution in [0.4, 0.5) is 0 Å². The van der Waals surface area contributed by atoms with Crippen molar-refractivity contribution in [3.05, 3.63) is 53.6 Å². The van der Waals surface area contributed by atoms with E-state index in [0.717, 1.165) is 46.4 Å². The van der Waals surface area contributed by atoms with Gasteiger partial charge < -0.3 is 9.88 Å². The summed E-state index contributed by atoms with van der Waals surface area (Å²) in [6.45, 7) is 7.36. The van der Waals surface area contributed by atoms with E-state index >= 15 is 0 Å². The zero-order valence-electron chi connectivity index (χ0n) is 17.6. The van der Waals surface area contributed by atoms with Crippen LogP contribution in [0.15, 0.2) is 36.5 Å². The molecule has 1 aliphatic carbocycles. The molecule has 1 saturated carbocycles. The molecule has 0 radical (unpaired) electrons. The van der Waals surface area contributed by atoms with Crippen LogP contribution < -0.4 is 5.32 Å². The lowest BCUT2D eigenvalue weighted by molar-refractivity contribution is 0.0953. The Labute approximate surface area is 175 Å². The number of carbonyl (C=O) groups excluding carboxylic acids is 1. The topological polar surface area (TPSA) is 77.6 Å². The molecule has 0 bridgehead atoms. The predicted octanol–water partition coefficient (Wildman–Crippen LogP) is 3.98. The first kappa shape index (κ1) is 18.8. The molecular weight excluding hydrogens is 376 g/mol. The Morgan fingerprint density at radius 3 is 2.80 bits per heavy atom. The van der Waals surface area contributed by atoms with Crippen LogP contribution in [0.1, 0.15) is 60.5 Å². The molecule has 3 heterocycles. The highest BCUT2D eigenvalue weighted by Gasteiger charge is 2.28. The molecule has 3 aromatic heterocycles. The van der Waals surface area contributed by atoms with Crippen LogP contribution in [0.2, 0.25) is 0 Å². The fourth-order valence-corrected chi connectivity index (χ4v) is 4.05. The molecule has 1 aromatic carbocycles. The summed E-state index contributed by atoms with van der Waals surface area (Å²) in [6.07, 6.45) is 4.05. The molecule has 30 heavy (non-hydrogen) atoms. The van der Waals surface area contributed by atoms with Crippen molar-refractivity contribution in [3.63, 3.8) is 0 Å². The number of nitrogens with one attached hydrogen (secondary N) is 1. The number of imidazole rings is 1. The Bertz CT molecular complexity index is 1250. The van der Waals surface area contributed by atoms with Crippen LogP contribution >= 0.6 is 0 Å². The molecule has 1 fully saturated rings. The number of pyridine rings is 1. The molecule has 5 rings (SSSR count). The zero-order valence-corrected chi connectivity index (χ0v) is 17.6. The van der Waals surface area contributed by atoms with Gasteiger partial charge in [-0.2, -0.15) is 5.10 Å². The number of aromatic nitrogens is 5. The summed E-state index contributed by atoms with van der Waals surface area (Å²) in [5.41, 5.74) is 4.54. The second kappa shape index (κ2) is 7.23. The average molecular weight is 403 g/mol. The SMILES string of the molecule is Cc1nc2ccccc2n1CCNC(=O)c1cc(C2CC2)nc2c1cnn2C(C)C. The fourth-order valence-electron chi connectivity index (χ4n) is 4.05. The van der Waals surface area contributed by atoms with Gasteiger partial charge in [0.2, 0.25) is 0 Å². The fraction of sp³-hybridized carbons (Fsp3) is 0.391. The number of hydrogen-bond donors (Lipinski definition) is 1. The van der Waals surface area contributed by atoms with Crippen LogP contribution in [0.3, 0.4) is 0 Å². The molecule has 4 aromatic rings. The lowest BCUT2D eigenvalue weighted by Gasteiger charge is -2.11. The number of benzene rings is 1. The average Bonchev–Trinajstić information content (AvgIpc) is 3.41. The Morgan fingerprint density at radius 2 is 2.03 bits per heavy atom. The second-order valence-corrected chi connectivity index (χ2v) is 8.34. The zero-order chi connectivity index (χ0) is 20.8. The van der Waals surface area contributed by atoms with E-state index in [-0.39, 0.29) is 11.9 Å². The largest absolute Gasteiger partial charge is 0.350 e. The Morgan fingerprint density at radius 1 is 1.23 bits per heavy atom. The van der Waals surface area contributed by atoms with Gasteiger partial charge >= 0.3 is 0 Å². The number of nitrogens with zero attached hydrogens (tertiary/aromatic N) is 5. The summed E-state index contributed by atoms with van der Waals surface area (Å²) in [7, 11) is 0. The molecular formula is C23H26N6O. The van der Waals surface area contributed by atoms with Crippen molar-refractivity contribution in [1.29, 1.82) is 0 Å². The molecule has 0 unspecified atom stereocenters. The molecule has 7 nitrogen and oxygen atoms in total. The van der Waals surface area contributed by atoms with Gasteiger partial charge in [-0.05, 0) is 51.8 Å². The van der Waals surface area contributed by atoms with Gasteiger partial charge in [-0.15, -0.1) is 0 Å². The van der Waals surface area contributed by atoms with Gasteiger partial charge in [-0.25, -0.2) is 14.6 Å². The molecule has 7 heteroatoms. The van der Waals surface area contributed by atoms with E-state index < -0.39 is 0 Å². The molecule has 1 N–H and O–H groups in total. The van der Waals surface area contributed by atoms with E-state index in [4.69, 9.17) is 4.98 Å². The minimum absolute atomic E-state index is 0.0744. The van der Waals surface area contributed by atoms with Crippen molar-refractivity contribution in [2.75, 3.05) is 6.54 Å². The number of aryl methyl sites for hydroxylation is 1. The predicted molar refractivity (Wildman–Crippen MR) is 117 cm³/mol. The first-order valence-corrected chi connectivity index (χ1v) is 10.6. The van der Waals surface area contributed by atoms with Gasteiger partial charge in [0.15, 0.2) is 5.65 Å². The van der Waals surface area contributed by atoms with E-state index in [1.807, 2.05) is 35.9 Å². The van der Waals surface area contributed by atoms with Crippen LogP contribution in [0.25, 0.3) is 22.1 Å². The molecule has 0 aliphatic heterocycles. The lowest BCUT2D eigenvalue weighted by Crippen LogP contribution is -2.28. The molecule has 0 saturated heterocycles. The maximum Gasteiger partial charge on any atom is 0.252 e. The molecule has 0 spiro atoms. The van der Waals surface area contributed by atoms with Gasteiger partial charge in [-0.3, -0.25) is 4.79 Å². The highest BCUT2D eigenvalue weighted by molar-refractivity contribution is 6.05. The Kier molecular flexibility index (Phi) is 4.53. The number of para-hydroxylation sites is 2. The van der Waals surface area contributed by atoms with Crippen LogP contribution in [-0.2, 0) is 6.54 Å². The number of amides is 1. The maximum absolute atomic E-state index is 13.1. The second-order valence-electron chi connectivity index (χ2n) is 8.34. The van der Waals surface area contributed by atoms with Crippen LogP contribution in [0, 0.1) is 6.92 Å². The first-order chi connectivity index (χ1) is 14.5. The number of fused-ring (bicyclic) bond motifs is 2. The van der Waals surface area contributed by atoms with E-state index in [1.165, 1.54) is 0 Å². The summed E-state index contributed by atoms with van der Waals surface area (Å²) in [4.78, 5) is 22.5. The van der Waals surface area contributed by atoms with Gasteiger partial charge in [0, 0.05) is 30.7 Å². The standard InChI is InChI=1S/C23H26N6O/c1-14(2)29-22-18(13-25-29)17(12-20(27-22)16-8-9-16)23(30)24-10-11-28-15(3)26-19-6-4-5-7-21(19)28/h4-7,12-14,16H,8-11H2,1-3H3,(H,24,30). The number of rotatable bonds is 6. The summed E-state index contributed by atoms with van der Waals surface area (Å²) in [5, 5.41) is 8.40. The molecule has 1 aliphatic rings.